The number of hydrogen-bond donors (Lipinski definition) is 1. The summed E-state index contributed by atoms with van der Waals surface area (Å²) in [6.45, 7) is 0. The van der Waals surface area contributed by atoms with Crippen LogP contribution in [0.1, 0.15) is 28.8 Å². The summed E-state index contributed by atoms with van der Waals surface area (Å²) in [6, 6.07) is 17.7. The Morgan fingerprint density at radius 1 is 1.00 bits per heavy atom. The van der Waals surface area contributed by atoms with Gasteiger partial charge in [-0.25, -0.2) is 4.39 Å². The number of benzene rings is 2. The van der Waals surface area contributed by atoms with Gasteiger partial charge in [0.05, 0.1) is 5.70 Å². The normalized spacial score (nSPS) is 19.2. The maximum absolute atomic E-state index is 14.1. The molecule has 0 saturated heterocycles. The van der Waals surface area contributed by atoms with Crippen molar-refractivity contribution in [2.45, 2.75) is 12.1 Å². The number of tetrazole rings is 1. The highest BCUT2D eigenvalue weighted by molar-refractivity contribution is 5.85. The SMILES string of the molecule is Fc1cccc(C2Oc3ccccc3C3=C2C(c2cccnc2)n2nnnc2N3)c1. The summed E-state index contributed by atoms with van der Waals surface area (Å²) in [7, 11) is 0. The van der Waals surface area contributed by atoms with Crippen molar-refractivity contribution < 1.29 is 9.13 Å². The number of rotatable bonds is 2. The van der Waals surface area contributed by atoms with E-state index < -0.39 is 6.10 Å². The van der Waals surface area contributed by atoms with Crippen molar-refractivity contribution in [1.82, 2.24) is 25.2 Å². The highest BCUT2D eigenvalue weighted by Crippen LogP contribution is 2.50. The van der Waals surface area contributed by atoms with Crippen LogP contribution >= 0.6 is 0 Å². The van der Waals surface area contributed by atoms with E-state index in [0.29, 0.717) is 17.3 Å². The van der Waals surface area contributed by atoms with Crippen molar-refractivity contribution in [2.75, 3.05) is 5.32 Å². The monoisotopic (exact) mass is 398 g/mol. The number of halogens is 1. The zero-order valence-corrected chi connectivity index (χ0v) is 15.6. The lowest BCUT2D eigenvalue weighted by atomic mass is 9.85. The Morgan fingerprint density at radius 3 is 2.77 bits per heavy atom. The zero-order valence-electron chi connectivity index (χ0n) is 15.6. The summed E-state index contributed by atoms with van der Waals surface area (Å²) >= 11 is 0. The smallest absolute Gasteiger partial charge is 0.248 e. The number of fused-ring (bicyclic) bond motifs is 3. The molecule has 0 saturated carbocycles. The van der Waals surface area contributed by atoms with Gasteiger partial charge in [-0.3, -0.25) is 4.98 Å². The third-order valence-electron chi connectivity index (χ3n) is 5.39. The molecule has 0 bridgehead atoms. The van der Waals surface area contributed by atoms with Crippen LogP contribution in [0.15, 0.2) is 78.6 Å². The van der Waals surface area contributed by atoms with Gasteiger partial charge in [0.15, 0.2) is 0 Å². The molecule has 2 unspecified atom stereocenters. The molecule has 2 aliphatic rings. The Morgan fingerprint density at radius 2 is 1.90 bits per heavy atom. The fourth-order valence-electron chi connectivity index (χ4n) is 4.14. The molecule has 7 nitrogen and oxygen atoms in total. The third-order valence-corrected chi connectivity index (χ3v) is 5.39. The van der Waals surface area contributed by atoms with Crippen LogP contribution in [0.4, 0.5) is 10.3 Å². The Balaban J connectivity index is 1.64. The van der Waals surface area contributed by atoms with Crippen LogP contribution in [-0.2, 0) is 0 Å². The Bertz CT molecular complexity index is 1290. The van der Waals surface area contributed by atoms with Crippen molar-refractivity contribution >= 4 is 11.6 Å². The number of pyridine rings is 1. The van der Waals surface area contributed by atoms with E-state index in [2.05, 4.69) is 25.8 Å². The minimum atomic E-state index is -0.527. The molecule has 1 N–H and O–H groups in total. The molecule has 2 aliphatic heterocycles. The van der Waals surface area contributed by atoms with Gasteiger partial charge in [-0.05, 0) is 51.9 Å². The average Bonchev–Trinajstić information content (AvgIpc) is 3.26. The number of anilines is 1. The van der Waals surface area contributed by atoms with Crippen molar-refractivity contribution in [3.63, 3.8) is 0 Å². The number of para-hydroxylation sites is 1. The van der Waals surface area contributed by atoms with Crippen molar-refractivity contribution in [3.8, 4) is 5.75 Å². The summed E-state index contributed by atoms with van der Waals surface area (Å²) in [5.41, 5.74) is 4.28. The highest BCUT2D eigenvalue weighted by Gasteiger charge is 2.41. The second-order valence-electron chi connectivity index (χ2n) is 7.14. The van der Waals surface area contributed by atoms with Crippen molar-refractivity contribution in [1.29, 1.82) is 0 Å². The molecular formula is C22H15FN6O. The summed E-state index contributed by atoms with van der Waals surface area (Å²) in [5.74, 6) is 0.920. The van der Waals surface area contributed by atoms with Gasteiger partial charge >= 0.3 is 0 Å². The lowest BCUT2D eigenvalue weighted by molar-refractivity contribution is 0.222. The van der Waals surface area contributed by atoms with Gasteiger partial charge in [-0.2, -0.15) is 4.68 Å². The standard InChI is InChI=1S/C22H15FN6O/c23-15-7-3-5-13(11-15)21-18-19(16-8-1-2-9-17(16)30-21)25-22-26-27-28-29(22)20(18)14-6-4-10-24-12-14/h1-12,20-21H,(H,25,26,28). The predicted molar refractivity (Wildman–Crippen MR) is 107 cm³/mol. The first-order valence-electron chi connectivity index (χ1n) is 9.50. The largest absolute Gasteiger partial charge is 0.480 e. The molecule has 0 amide bonds. The van der Waals surface area contributed by atoms with E-state index in [1.807, 2.05) is 42.5 Å². The van der Waals surface area contributed by atoms with Crippen LogP contribution in [0.25, 0.3) is 5.70 Å². The number of nitrogens with one attached hydrogen (secondary N) is 1. The molecule has 4 heterocycles. The Hall–Kier alpha value is -4.07. The van der Waals surface area contributed by atoms with Gasteiger partial charge in [-0.1, -0.05) is 35.4 Å². The summed E-state index contributed by atoms with van der Waals surface area (Å²) in [4.78, 5) is 4.29. The quantitative estimate of drug-likeness (QED) is 0.554. The van der Waals surface area contributed by atoms with E-state index in [1.165, 1.54) is 12.1 Å². The molecule has 2 atom stereocenters. The Labute approximate surface area is 170 Å². The molecule has 6 rings (SSSR count). The third kappa shape index (κ3) is 2.50. The molecule has 0 fully saturated rings. The van der Waals surface area contributed by atoms with E-state index in [0.717, 1.165) is 22.4 Å². The van der Waals surface area contributed by atoms with E-state index >= 15 is 0 Å². The number of ether oxygens (including phenoxy) is 1. The first kappa shape index (κ1) is 16.8. The van der Waals surface area contributed by atoms with Gasteiger partial charge in [0.25, 0.3) is 0 Å². The van der Waals surface area contributed by atoms with Crippen LogP contribution in [-0.4, -0.2) is 25.2 Å². The van der Waals surface area contributed by atoms with Crippen LogP contribution in [0, 0.1) is 5.82 Å². The average molecular weight is 398 g/mol. The Kier molecular flexibility index (Phi) is 3.64. The van der Waals surface area contributed by atoms with Crippen LogP contribution < -0.4 is 10.1 Å². The molecule has 2 aromatic heterocycles. The van der Waals surface area contributed by atoms with Gasteiger partial charge in [0.2, 0.25) is 5.95 Å². The summed E-state index contributed by atoms with van der Waals surface area (Å²) < 4.78 is 22.2. The predicted octanol–water partition coefficient (Wildman–Crippen LogP) is 3.77. The molecule has 30 heavy (non-hydrogen) atoms. The van der Waals surface area contributed by atoms with Crippen LogP contribution in [0.3, 0.4) is 0 Å². The van der Waals surface area contributed by atoms with Gasteiger partial charge < -0.3 is 10.1 Å². The van der Waals surface area contributed by atoms with Crippen molar-refractivity contribution in [3.05, 3.63) is 101 Å². The first-order chi connectivity index (χ1) is 14.8. The summed E-state index contributed by atoms with van der Waals surface area (Å²) in [6.07, 6.45) is 2.98. The lowest BCUT2D eigenvalue weighted by Crippen LogP contribution is -2.32. The van der Waals surface area contributed by atoms with Crippen LogP contribution in [0.5, 0.6) is 5.75 Å². The summed E-state index contributed by atoms with van der Waals surface area (Å²) in [5, 5.41) is 15.6. The fourth-order valence-corrected chi connectivity index (χ4v) is 4.14. The second-order valence-corrected chi connectivity index (χ2v) is 7.14. The minimum Gasteiger partial charge on any atom is -0.480 e. The van der Waals surface area contributed by atoms with Gasteiger partial charge in [-0.15, -0.1) is 0 Å². The molecule has 0 aliphatic carbocycles. The van der Waals surface area contributed by atoms with Gasteiger partial charge in [0, 0.05) is 23.5 Å². The van der Waals surface area contributed by atoms with E-state index in [1.54, 1.807) is 23.1 Å². The number of hydrogen-bond acceptors (Lipinski definition) is 6. The fraction of sp³-hybridized carbons (Fsp3) is 0.0909. The molecule has 146 valence electrons. The molecule has 0 spiro atoms. The molecule has 8 heteroatoms. The zero-order chi connectivity index (χ0) is 20.1. The molecule has 0 radical (unpaired) electrons. The topological polar surface area (TPSA) is 77.8 Å². The van der Waals surface area contributed by atoms with Gasteiger partial charge in [0.1, 0.15) is 23.7 Å². The maximum Gasteiger partial charge on any atom is 0.248 e. The first-order valence-corrected chi connectivity index (χ1v) is 9.50. The molecular weight excluding hydrogens is 383 g/mol. The van der Waals surface area contributed by atoms with Crippen molar-refractivity contribution in [2.24, 2.45) is 0 Å². The molecule has 4 aromatic rings. The van der Waals surface area contributed by atoms with E-state index in [4.69, 9.17) is 4.74 Å². The maximum atomic E-state index is 14.1. The number of aromatic nitrogens is 5. The minimum absolute atomic E-state index is 0.318. The molecule has 2 aromatic carbocycles. The van der Waals surface area contributed by atoms with E-state index in [9.17, 15) is 4.39 Å². The highest BCUT2D eigenvalue weighted by atomic mass is 19.1. The van der Waals surface area contributed by atoms with Crippen LogP contribution in [0.2, 0.25) is 0 Å². The lowest BCUT2D eigenvalue weighted by Gasteiger charge is -2.38. The van der Waals surface area contributed by atoms with E-state index in [-0.39, 0.29) is 11.9 Å². The number of nitrogens with zero attached hydrogens (tertiary/aromatic N) is 5. The second kappa shape index (κ2) is 6.48.